The Hall–Kier alpha value is -1.20. The average Bonchev–Trinajstić information content (AvgIpc) is 3.00. The minimum Gasteiger partial charge on any atom is -0.326 e. The molecular formula is C12H16N4S. The molecule has 17 heavy (non-hydrogen) atoms. The summed E-state index contributed by atoms with van der Waals surface area (Å²) in [6.07, 6.45) is 6.35. The molecule has 90 valence electrons. The fraction of sp³-hybridized carbons (Fsp3) is 0.500. The van der Waals surface area contributed by atoms with Crippen molar-refractivity contribution in [3.63, 3.8) is 0 Å². The van der Waals surface area contributed by atoms with Crippen molar-refractivity contribution in [3.8, 4) is 0 Å². The number of aromatic nitrogens is 3. The molecule has 2 aromatic rings. The number of nitrogens with zero attached hydrogens (tertiary/aromatic N) is 3. The summed E-state index contributed by atoms with van der Waals surface area (Å²) in [5.41, 5.74) is 2.39. The van der Waals surface area contributed by atoms with Crippen LogP contribution in [0.4, 0.5) is 0 Å². The Morgan fingerprint density at radius 1 is 1.59 bits per heavy atom. The van der Waals surface area contributed by atoms with E-state index in [1.54, 1.807) is 11.3 Å². The Bertz CT molecular complexity index is 496. The molecule has 1 aliphatic rings. The second-order valence-electron chi connectivity index (χ2n) is 4.48. The molecular weight excluding hydrogens is 232 g/mol. The highest BCUT2D eigenvalue weighted by Crippen LogP contribution is 2.23. The van der Waals surface area contributed by atoms with Crippen molar-refractivity contribution in [1.82, 2.24) is 19.9 Å². The van der Waals surface area contributed by atoms with Gasteiger partial charge in [-0.05, 0) is 26.3 Å². The van der Waals surface area contributed by atoms with E-state index in [-0.39, 0.29) is 0 Å². The van der Waals surface area contributed by atoms with E-state index in [9.17, 15) is 0 Å². The van der Waals surface area contributed by atoms with E-state index in [2.05, 4.69) is 25.2 Å². The van der Waals surface area contributed by atoms with Gasteiger partial charge in [0.05, 0.1) is 18.6 Å². The fourth-order valence-corrected chi connectivity index (χ4v) is 3.08. The van der Waals surface area contributed by atoms with Gasteiger partial charge < -0.3 is 9.88 Å². The Labute approximate surface area is 105 Å². The molecule has 0 saturated carbocycles. The SMILES string of the molecule is Cc1csc(Cn2cncc2C2CCCN2)n1. The van der Waals surface area contributed by atoms with Crippen LogP contribution in [0.2, 0.25) is 0 Å². The summed E-state index contributed by atoms with van der Waals surface area (Å²) in [6, 6.07) is 0.471. The lowest BCUT2D eigenvalue weighted by Gasteiger charge is -2.12. The lowest BCUT2D eigenvalue weighted by Crippen LogP contribution is -2.17. The molecule has 1 fully saturated rings. The standard InChI is InChI=1S/C12H16N4S/c1-9-7-17-12(15-9)6-16-8-13-5-11(16)10-3-2-4-14-10/h5,7-8,10,14H,2-4,6H2,1H3. The van der Waals surface area contributed by atoms with Crippen molar-refractivity contribution in [3.05, 3.63) is 34.3 Å². The normalized spacial score (nSPS) is 19.9. The van der Waals surface area contributed by atoms with E-state index in [1.165, 1.54) is 18.5 Å². The number of aryl methyl sites for hydroxylation is 1. The predicted molar refractivity (Wildman–Crippen MR) is 68.2 cm³/mol. The topological polar surface area (TPSA) is 42.7 Å². The second-order valence-corrected chi connectivity index (χ2v) is 5.42. The first kappa shape index (κ1) is 10.9. The second kappa shape index (κ2) is 4.58. The van der Waals surface area contributed by atoms with Gasteiger partial charge in [0.15, 0.2) is 0 Å². The molecule has 0 aliphatic carbocycles. The summed E-state index contributed by atoms with van der Waals surface area (Å²) in [6.45, 7) is 3.99. The summed E-state index contributed by atoms with van der Waals surface area (Å²) in [4.78, 5) is 8.77. The highest BCUT2D eigenvalue weighted by Gasteiger charge is 2.19. The predicted octanol–water partition coefficient (Wildman–Crippen LogP) is 2.12. The molecule has 2 aromatic heterocycles. The zero-order valence-corrected chi connectivity index (χ0v) is 10.7. The average molecular weight is 248 g/mol. The molecule has 0 amide bonds. The summed E-state index contributed by atoms with van der Waals surface area (Å²) in [5, 5.41) is 6.76. The summed E-state index contributed by atoms with van der Waals surface area (Å²) in [7, 11) is 0. The van der Waals surface area contributed by atoms with Crippen molar-refractivity contribution in [2.45, 2.75) is 32.4 Å². The monoisotopic (exact) mass is 248 g/mol. The summed E-state index contributed by atoms with van der Waals surface area (Å²) < 4.78 is 2.21. The first-order valence-corrected chi connectivity index (χ1v) is 6.85. The molecule has 1 aliphatic heterocycles. The molecule has 0 spiro atoms. The minimum absolute atomic E-state index is 0.471. The van der Waals surface area contributed by atoms with Crippen LogP contribution in [0.3, 0.4) is 0 Å². The lowest BCUT2D eigenvalue weighted by atomic mass is 10.2. The third-order valence-electron chi connectivity index (χ3n) is 3.13. The van der Waals surface area contributed by atoms with Crippen LogP contribution in [-0.2, 0) is 6.54 Å². The van der Waals surface area contributed by atoms with Crippen LogP contribution in [0.5, 0.6) is 0 Å². The van der Waals surface area contributed by atoms with E-state index < -0.39 is 0 Å². The van der Waals surface area contributed by atoms with Gasteiger partial charge in [-0.2, -0.15) is 0 Å². The largest absolute Gasteiger partial charge is 0.326 e. The Morgan fingerprint density at radius 3 is 3.24 bits per heavy atom. The van der Waals surface area contributed by atoms with Crippen molar-refractivity contribution < 1.29 is 0 Å². The van der Waals surface area contributed by atoms with Gasteiger partial charge >= 0.3 is 0 Å². The van der Waals surface area contributed by atoms with Gasteiger partial charge in [-0.25, -0.2) is 9.97 Å². The Kier molecular flexibility index (Phi) is 2.94. The molecule has 4 nitrogen and oxygen atoms in total. The number of hydrogen-bond acceptors (Lipinski definition) is 4. The summed E-state index contributed by atoms with van der Waals surface area (Å²) >= 11 is 1.72. The first-order chi connectivity index (χ1) is 8.33. The number of thiazole rings is 1. The maximum atomic E-state index is 4.50. The zero-order chi connectivity index (χ0) is 11.7. The Balaban J connectivity index is 1.81. The molecule has 0 radical (unpaired) electrons. The van der Waals surface area contributed by atoms with Crippen molar-refractivity contribution >= 4 is 11.3 Å². The van der Waals surface area contributed by atoms with Crippen LogP contribution in [0.15, 0.2) is 17.9 Å². The number of rotatable bonds is 3. The van der Waals surface area contributed by atoms with Crippen molar-refractivity contribution in [1.29, 1.82) is 0 Å². The maximum absolute atomic E-state index is 4.50. The molecule has 1 N–H and O–H groups in total. The van der Waals surface area contributed by atoms with Crippen LogP contribution < -0.4 is 5.32 Å². The molecule has 1 unspecified atom stereocenters. The van der Waals surface area contributed by atoms with Gasteiger partial charge in [-0.3, -0.25) is 0 Å². The minimum atomic E-state index is 0.471. The van der Waals surface area contributed by atoms with Crippen LogP contribution in [0, 0.1) is 6.92 Å². The molecule has 3 heterocycles. The number of hydrogen-bond donors (Lipinski definition) is 1. The van der Waals surface area contributed by atoms with Crippen molar-refractivity contribution in [2.24, 2.45) is 0 Å². The van der Waals surface area contributed by atoms with E-state index in [4.69, 9.17) is 0 Å². The Morgan fingerprint density at radius 2 is 2.53 bits per heavy atom. The van der Waals surface area contributed by atoms with E-state index in [0.29, 0.717) is 6.04 Å². The molecule has 3 rings (SSSR count). The van der Waals surface area contributed by atoms with Gasteiger partial charge in [0.2, 0.25) is 0 Å². The third-order valence-corrected chi connectivity index (χ3v) is 4.09. The van der Waals surface area contributed by atoms with E-state index in [0.717, 1.165) is 23.8 Å². The summed E-state index contributed by atoms with van der Waals surface area (Å²) in [5.74, 6) is 0. The quantitative estimate of drug-likeness (QED) is 0.904. The molecule has 1 atom stereocenters. The van der Waals surface area contributed by atoms with Crippen LogP contribution in [0.25, 0.3) is 0 Å². The zero-order valence-electron chi connectivity index (χ0n) is 9.89. The van der Waals surface area contributed by atoms with Gasteiger partial charge in [-0.1, -0.05) is 0 Å². The maximum Gasteiger partial charge on any atom is 0.113 e. The molecule has 0 aromatic carbocycles. The van der Waals surface area contributed by atoms with E-state index in [1.807, 2.05) is 19.4 Å². The number of imidazole rings is 1. The van der Waals surface area contributed by atoms with E-state index >= 15 is 0 Å². The molecule has 1 saturated heterocycles. The van der Waals surface area contributed by atoms with Crippen LogP contribution >= 0.6 is 11.3 Å². The third kappa shape index (κ3) is 2.25. The van der Waals surface area contributed by atoms with Gasteiger partial charge in [0, 0.05) is 23.3 Å². The van der Waals surface area contributed by atoms with Gasteiger partial charge in [0.1, 0.15) is 5.01 Å². The van der Waals surface area contributed by atoms with Gasteiger partial charge in [0.25, 0.3) is 0 Å². The highest BCUT2D eigenvalue weighted by atomic mass is 32.1. The first-order valence-electron chi connectivity index (χ1n) is 5.97. The fourth-order valence-electron chi connectivity index (χ4n) is 2.31. The highest BCUT2D eigenvalue weighted by molar-refractivity contribution is 7.09. The molecule has 0 bridgehead atoms. The van der Waals surface area contributed by atoms with Crippen molar-refractivity contribution in [2.75, 3.05) is 6.54 Å². The number of nitrogens with one attached hydrogen (secondary N) is 1. The van der Waals surface area contributed by atoms with Gasteiger partial charge in [-0.15, -0.1) is 11.3 Å². The molecule has 5 heteroatoms. The van der Waals surface area contributed by atoms with Crippen LogP contribution in [0.1, 0.15) is 35.3 Å². The van der Waals surface area contributed by atoms with Crippen LogP contribution in [-0.4, -0.2) is 21.1 Å². The lowest BCUT2D eigenvalue weighted by molar-refractivity contribution is 0.583. The smallest absolute Gasteiger partial charge is 0.113 e.